The van der Waals surface area contributed by atoms with E-state index in [1.165, 1.54) is 19.2 Å². The van der Waals surface area contributed by atoms with Crippen LogP contribution in [0, 0.1) is 5.82 Å². The van der Waals surface area contributed by atoms with Gasteiger partial charge >= 0.3 is 5.97 Å². The second-order valence-corrected chi connectivity index (χ2v) is 11.1. The number of halogens is 3. The summed E-state index contributed by atoms with van der Waals surface area (Å²) >= 11 is 12.5. The largest absolute Gasteiger partial charge is 0.469 e. The van der Waals surface area contributed by atoms with E-state index in [-0.39, 0.29) is 17.7 Å². The standard InChI is InChI=1S/C33H31Cl2FN4O3/c1-43-29(41)6-4-2-3-5-17-37-33(42)31-30(26-16-13-24(35)18-28(26)39-31)32-27(22-9-14-25(36)15-10-22)19-38-40(32)20-21-7-11-23(34)12-8-21/h7-16,18-19,39H,2-6,17,20H2,1H3,(H,37,42). The molecule has 5 aromatic rings. The molecular weight excluding hydrogens is 590 g/mol. The molecule has 2 heterocycles. The number of benzene rings is 3. The first-order valence-corrected chi connectivity index (χ1v) is 14.8. The van der Waals surface area contributed by atoms with Crippen LogP contribution in [0.1, 0.15) is 48.2 Å². The Morgan fingerprint density at radius 2 is 1.67 bits per heavy atom. The number of carbonyl (C=O) groups is 2. The van der Waals surface area contributed by atoms with Crippen molar-refractivity contribution >= 4 is 46.0 Å². The molecule has 0 bridgehead atoms. The normalized spacial score (nSPS) is 11.2. The number of nitrogens with one attached hydrogen (secondary N) is 2. The first-order chi connectivity index (χ1) is 20.8. The molecule has 0 saturated carbocycles. The van der Waals surface area contributed by atoms with Crippen LogP contribution in [0.4, 0.5) is 4.39 Å². The minimum Gasteiger partial charge on any atom is -0.469 e. The van der Waals surface area contributed by atoms with Crippen LogP contribution in [0.25, 0.3) is 33.3 Å². The number of esters is 1. The first-order valence-electron chi connectivity index (χ1n) is 14.1. The summed E-state index contributed by atoms with van der Waals surface area (Å²) in [5, 5.41) is 9.73. The first kappa shape index (κ1) is 30.3. The average molecular weight is 622 g/mol. The van der Waals surface area contributed by atoms with Gasteiger partial charge in [0.05, 0.1) is 25.5 Å². The second-order valence-electron chi connectivity index (χ2n) is 10.3. The molecule has 0 radical (unpaired) electrons. The van der Waals surface area contributed by atoms with Gasteiger partial charge in [-0.05, 0) is 60.4 Å². The maximum absolute atomic E-state index is 13.9. The van der Waals surface area contributed by atoms with Crippen LogP contribution >= 0.6 is 23.2 Å². The van der Waals surface area contributed by atoms with E-state index in [2.05, 4.69) is 15.0 Å². The number of carbonyl (C=O) groups excluding carboxylic acids is 2. The van der Waals surface area contributed by atoms with Gasteiger partial charge in [0.15, 0.2) is 0 Å². The number of aromatic amines is 1. The molecule has 43 heavy (non-hydrogen) atoms. The lowest BCUT2D eigenvalue weighted by Crippen LogP contribution is -2.25. The third-order valence-corrected chi connectivity index (χ3v) is 7.77. The molecule has 2 aromatic heterocycles. The molecule has 1 amide bonds. The molecule has 0 aliphatic heterocycles. The number of methoxy groups -OCH3 is 1. The van der Waals surface area contributed by atoms with E-state index >= 15 is 0 Å². The lowest BCUT2D eigenvalue weighted by molar-refractivity contribution is -0.140. The van der Waals surface area contributed by atoms with Gasteiger partial charge in [-0.15, -0.1) is 0 Å². The highest BCUT2D eigenvalue weighted by molar-refractivity contribution is 6.31. The number of nitrogens with zero attached hydrogens (tertiary/aromatic N) is 2. The third kappa shape index (κ3) is 7.27. The van der Waals surface area contributed by atoms with E-state index in [9.17, 15) is 14.0 Å². The van der Waals surface area contributed by atoms with Crippen molar-refractivity contribution in [1.29, 1.82) is 0 Å². The van der Waals surface area contributed by atoms with Gasteiger partial charge in [-0.2, -0.15) is 5.10 Å². The number of fused-ring (bicyclic) bond motifs is 1. The van der Waals surface area contributed by atoms with Gasteiger partial charge < -0.3 is 15.0 Å². The van der Waals surface area contributed by atoms with Crippen molar-refractivity contribution in [3.05, 3.63) is 100 Å². The van der Waals surface area contributed by atoms with Crippen molar-refractivity contribution in [3.63, 3.8) is 0 Å². The van der Waals surface area contributed by atoms with Crippen molar-refractivity contribution in [3.8, 4) is 22.4 Å². The summed E-state index contributed by atoms with van der Waals surface area (Å²) in [5.74, 6) is -0.817. The zero-order valence-electron chi connectivity index (χ0n) is 23.6. The van der Waals surface area contributed by atoms with Gasteiger partial charge in [0.1, 0.15) is 11.5 Å². The number of amides is 1. The van der Waals surface area contributed by atoms with Crippen molar-refractivity contribution in [2.75, 3.05) is 13.7 Å². The van der Waals surface area contributed by atoms with Crippen LogP contribution < -0.4 is 5.32 Å². The van der Waals surface area contributed by atoms with Gasteiger partial charge in [-0.25, -0.2) is 4.39 Å². The fourth-order valence-electron chi connectivity index (χ4n) is 5.10. The van der Waals surface area contributed by atoms with Gasteiger partial charge in [0.2, 0.25) is 0 Å². The third-order valence-electron chi connectivity index (χ3n) is 7.29. The maximum atomic E-state index is 13.9. The summed E-state index contributed by atoms with van der Waals surface area (Å²) in [6.45, 7) is 0.891. The monoisotopic (exact) mass is 620 g/mol. The van der Waals surface area contributed by atoms with E-state index in [4.69, 9.17) is 28.3 Å². The number of hydrogen-bond acceptors (Lipinski definition) is 4. The SMILES string of the molecule is COC(=O)CCCCCCNC(=O)c1[nH]c2cc(Cl)ccc2c1-c1c(-c2ccc(F)cc2)cnn1Cc1ccc(Cl)cc1. The van der Waals surface area contributed by atoms with Crippen LogP contribution in [0.2, 0.25) is 10.0 Å². The van der Waals surface area contributed by atoms with Crippen LogP contribution in [0.3, 0.4) is 0 Å². The van der Waals surface area contributed by atoms with E-state index in [0.717, 1.165) is 47.8 Å². The van der Waals surface area contributed by atoms with Gasteiger partial charge in [-0.1, -0.05) is 66.4 Å². The topological polar surface area (TPSA) is 89.0 Å². The van der Waals surface area contributed by atoms with Crippen molar-refractivity contribution in [1.82, 2.24) is 20.1 Å². The Morgan fingerprint density at radius 1 is 0.953 bits per heavy atom. The lowest BCUT2D eigenvalue weighted by atomic mass is 9.98. The zero-order valence-corrected chi connectivity index (χ0v) is 25.1. The summed E-state index contributed by atoms with van der Waals surface area (Å²) in [6.07, 6.45) is 5.38. The van der Waals surface area contributed by atoms with Crippen molar-refractivity contribution in [2.45, 2.75) is 38.6 Å². The van der Waals surface area contributed by atoms with E-state index in [1.807, 2.05) is 35.0 Å². The summed E-state index contributed by atoms with van der Waals surface area (Å²) in [6, 6.07) is 19.2. The van der Waals surface area contributed by atoms with Crippen LogP contribution in [0.15, 0.2) is 72.9 Å². The molecule has 5 rings (SSSR count). The van der Waals surface area contributed by atoms with Crippen molar-refractivity contribution in [2.24, 2.45) is 0 Å². The highest BCUT2D eigenvalue weighted by atomic mass is 35.5. The fourth-order valence-corrected chi connectivity index (χ4v) is 5.40. The zero-order chi connectivity index (χ0) is 30.3. The summed E-state index contributed by atoms with van der Waals surface area (Å²) < 4.78 is 20.4. The molecule has 10 heteroatoms. The predicted molar refractivity (Wildman–Crippen MR) is 168 cm³/mol. The number of hydrogen-bond donors (Lipinski definition) is 2. The smallest absolute Gasteiger partial charge is 0.305 e. The Bertz CT molecular complexity index is 1730. The Hall–Kier alpha value is -4.14. The van der Waals surface area contributed by atoms with Crippen LogP contribution in [-0.2, 0) is 16.1 Å². The molecule has 0 aliphatic rings. The highest BCUT2D eigenvalue weighted by Crippen LogP contribution is 2.40. The molecule has 0 unspecified atom stereocenters. The van der Waals surface area contributed by atoms with E-state index in [0.29, 0.717) is 52.0 Å². The average Bonchev–Trinajstić information content (AvgIpc) is 3.58. The lowest BCUT2D eigenvalue weighted by Gasteiger charge is -2.13. The number of ether oxygens (including phenoxy) is 1. The van der Waals surface area contributed by atoms with E-state index in [1.54, 1.807) is 30.5 Å². The number of unbranched alkanes of at least 4 members (excludes halogenated alkanes) is 3. The molecule has 0 saturated heterocycles. The summed E-state index contributed by atoms with van der Waals surface area (Å²) in [7, 11) is 1.39. The van der Waals surface area contributed by atoms with Gasteiger partial charge in [0, 0.05) is 45.0 Å². The molecule has 7 nitrogen and oxygen atoms in total. The minimum absolute atomic E-state index is 0.213. The molecule has 0 atom stereocenters. The fraction of sp³-hybridized carbons (Fsp3) is 0.242. The Balaban J connectivity index is 1.51. The molecule has 0 spiro atoms. The Labute approximate surface area is 259 Å². The molecule has 0 aliphatic carbocycles. The number of aromatic nitrogens is 3. The molecule has 2 N–H and O–H groups in total. The highest BCUT2D eigenvalue weighted by Gasteiger charge is 2.26. The van der Waals surface area contributed by atoms with Crippen LogP contribution in [-0.4, -0.2) is 40.3 Å². The predicted octanol–water partition coefficient (Wildman–Crippen LogP) is 8.05. The van der Waals surface area contributed by atoms with E-state index < -0.39 is 0 Å². The Morgan fingerprint density at radius 3 is 2.42 bits per heavy atom. The second kappa shape index (κ2) is 13.9. The molecule has 222 valence electrons. The quantitative estimate of drug-likeness (QED) is 0.109. The molecule has 3 aromatic carbocycles. The van der Waals surface area contributed by atoms with Gasteiger partial charge in [-0.3, -0.25) is 14.3 Å². The van der Waals surface area contributed by atoms with Crippen molar-refractivity contribution < 1.29 is 18.7 Å². The molecule has 0 fully saturated rings. The number of rotatable bonds is 12. The maximum Gasteiger partial charge on any atom is 0.305 e. The van der Waals surface area contributed by atoms with Gasteiger partial charge in [0.25, 0.3) is 5.91 Å². The Kier molecular flexibility index (Phi) is 9.79. The summed E-state index contributed by atoms with van der Waals surface area (Å²) in [5.41, 5.74) is 4.96. The molecular formula is C33H31Cl2FN4O3. The minimum atomic E-state index is -0.342. The number of H-pyrrole nitrogens is 1. The summed E-state index contributed by atoms with van der Waals surface area (Å²) in [4.78, 5) is 28.3. The van der Waals surface area contributed by atoms with Crippen LogP contribution in [0.5, 0.6) is 0 Å².